The third-order valence-corrected chi connectivity index (χ3v) is 5.47. The highest BCUT2D eigenvalue weighted by Crippen LogP contribution is 2.25. The molecule has 0 spiro atoms. The Bertz CT molecular complexity index is 523. The summed E-state index contributed by atoms with van der Waals surface area (Å²) >= 11 is 5.08. The van der Waals surface area contributed by atoms with Gasteiger partial charge in [-0.15, -0.1) is 11.3 Å². The first kappa shape index (κ1) is 16.5. The number of hydrogen-bond acceptors (Lipinski definition) is 4. The third kappa shape index (κ3) is 4.28. The van der Waals surface area contributed by atoms with Crippen molar-refractivity contribution in [2.45, 2.75) is 37.7 Å². The fourth-order valence-corrected chi connectivity index (χ4v) is 3.92. The molecule has 1 aromatic heterocycles. The maximum atomic E-state index is 12.1. The zero-order chi connectivity index (χ0) is 15.5. The largest absolute Gasteiger partial charge is 0.479 e. The summed E-state index contributed by atoms with van der Waals surface area (Å²) in [4.78, 5) is 25.9. The highest BCUT2D eigenvalue weighted by Gasteiger charge is 2.40. The van der Waals surface area contributed by atoms with Gasteiger partial charge < -0.3 is 15.1 Å². The maximum absolute atomic E-state index is 12.1. The molecule has 0 aliphatic carbocycles. The Morgan fingerprint density at radius 3 is 2.52 bits per heavy atom. The number of carbonyl (C=O) groups excluding carboxylic acids is 1. The van der Waals surface area contributed by atoms with Crippen LogP contribution < -0.4 is 0 Å². The predicted molar refractivity (Wildman–Crippen MR) is 83.4 cm³/mol. The van der Waals surface area contributed by atoms with E-state index in [0.717, 1.165) is 16.6 Å². The fraction of sp³-hybridized carbons (Fsp3) is 0.571. The molecule has 0 unspecified atom stereocenters. The molecule has 0 aromatic carbocycles. The number of aliphatic carboxylic acids is 1. The second kappa shape index (κ2) is 6.89. The van der Waals surface area contributed by atoms with Gasteiger partial charge in [-0.3, -0.25) is 4.79 Å². The van der Waals surface area contributed by atoms with Crippen LogP contribution in [0.5, 0.6) is 0 Å². The van der Waals surface area contributed by atoms with E-state index < -0.39 is 11.6 Å². The number of aryl methyl sites for hydroxylation is 1. The zero-order valence-electron chi connectivity index (χ0n) is 11.5. The molecule has 2 N–H and O–H groups in total. The highest BCUT2D eigenvalue weighted by molar-refractivity contribution is 9.11. The van der Waals surface area contributed by atoms with E-state index in [2.05, 4.69) is 15.9 Å². The highest BCUT2D eigenvalue weighted by atomic mass is 79.9. The van der Waals surface area contributed by atoms with Crippen LogP contribution in [0.3, 0.4) is 0 Å². The molecule has 1 aliphatic rings. The normalized spacial score (nSPS) is 17.7. The van der Waals surface area contributed by atoms with Crippen LogP contribution in [0.2, 0.25) is 0 Å². The van der Waals surface area contributed by atoms with Crippen LogP contribution in [0, 0.1) is 0 Å². The minimum absolute atomic E-state index is 0.0399. The van der Waals surface area contributed by atoms with Crippen molar-refractivity contribution < 1.29 is 19.8 Å². The quantitative estimate of drug-likeness (QED) is 0.827. The predicted octanol–water partition coefficient (Wildman–Crippen LogP) is 2.27. The monoisotopic (exact) mass is 375 g/mol. The summed E-state index contributed by atoms with van der Waals surface area (Å²) in [6.45, 7) is 0.623. The Morgan fingerprint density at radius 2 is 2.00 bits per heavy atom. The summed E-state index contributed by atoms with van der Waals surface area (Å²) < 4.78 is 1.09. The van der Waals surface area contributed by atoms with Crippen molar-refractivity contribution in [1.82, 2.24) is 4.90 Å². The van der Waals surface area contributed by atoms with Crippen molar-refractivity contribution in [1.29, 1.82) is 0 Å². The minimum Gasteiger partial charge on any atom is -0.479 e. The number of piperidine rings is 1. The average Bonchev–Trinajstić information content (AvgIpc) is 2.85. The summed E-state index contributed by atoms with van der Waals surface area (Å²) in [6.07, 6.45) is 2.32. The van der Waals surface area contributed by atoms with Gasteiger partial charge in [0.1, 0.15) is 0 Å². The zero-order valence-corrected chi connectivity index (χ0v) is 14.0. The molecule has 21 heavy (non-hydrogen) atoms. The van der Waals surface area contributed by atoms with E-state index in [-0.39, 0.29) is 18.7 Å². The smallest absolute Gasteiger partial charge is 0.335 e. The van der Waals surface area contributed by atoms with Gasteiger partial charge in [0.2, 0.25) is 5.91 Å². The van der Waals surface area contributed by atoms with Gasteiger partial charge >= 0.3 is 5.97 Å². The van der Waals surface area contributed by atoms with E-state index in [1.165, 1.54) is 4.88 Å². The first-order chi connectivity index (χ1) is 9.90. The summed E-state index contributed by atoms with van der Waals surface area (Å²) in [5.41, 5.74) is -1.67. The Balaban J connectivity index is 1.74. The summed E-state index contributed by atoms with van der Waals surface area (Å²) in [6, 6.07) is 4.05. The Kier molecular flexibility index (Phi) is 5.40. The molecule has 7 heteroatoms. The number of carboxylic acids is 1. The number of carbonyl (C=O) groups is 2. The Morgan fingerprint density at radius 1 is 1.33 bits per heavy atom. The van der Waals surface area contributed by atoms with Gasteiger partial charge in [0.25, 0.3) is 0 Å². The summed E-state index contributed by atoms with van der Waals surface area (Å²) in [7, 11) is 0. The van der Waals surface area contributed by atoms with Gasteiger partial charge in [0.05, 0.1) is 3.79 Å². The molecular weight excluding hydrogens is 358 g/mol. The molecule has 0 atom stereocenters. The third-order valence-electron chi connectivity index (χ3n) is 3.78. The number of hydrogen-bond donors (Lipinski definition) is 2. The van der Waals surface area contributed by atoms with E-state index >= 15 is 0 Å². The number of rotatable bonds is 5. The van der Waals surface area contributed by atoms with Crippen LogP contribution in [0.15, 0.2) is 15.9 Å². The number of halogens is 1. The van der Waals surface area contributed by atoms with E-state index in [1.54, 1.807) is 16.2 Å². The number of carboxylic acid groups (broad SMARTS) is 1. The van der Waals surface area contributed by atoms with Crippen LogP contribution in [0.1, 0.15) is 30.6 Å². The van der Waals surface area contributed by atoms with Crippen molar-refractivity contribution >= 4 is 39.1 Å². The molecule has 2 heterocycles. The van der Waals surface area contributed by atoms with Gasteiger partial charge in [-0.25, -0.2) is 4.79 Å². The lowest BCUT2D eigenvalue weighted by molar-refractivity contribution is -0.165. The Hall–Kier alpha value is -0.920. The number of aliphatic hydroxyl groups is 1. The summed E-state index contributed by atoms with van der Waals surface area (Å²) in [5, 5.41) is 18.8. The van der Waals surface area contributed by atoms with Gasteiger partial charge in [0, 0.05) is 37.2 Å². The molecule has 0 radical (unpaired) electrons. The summed E-state index contributed by atoms with van der Waals surface area (Å²) in [5.74, 6) is -1.16. The molecule has 116 valence electrons. The molecule has 1 saturated heterocycles. The van der Waals surface area contributed by atoms with Gasteiger partial charge in [-0.2, -0.15) is 0 Å². The molecule has 0 bridgehead atoms. The molecular formula is C14H18BrNO4S. The first-order valence-corrected chi connectivity index (χ1v) is 8.49. The van der Waals surface area contributed by atoms with Crippen molar-refractivity contribution in [2.24, 2.45) is 0 Å². The van der Waals surface area contributed by atoms with Crippen molar-refractivity contribution in [3.05, 3.63) is 20.8 Å². The van der Waals surface area contributed by atoms with Crippen LogP contribution >= 0.6 is 27.3 Å². The lowest BCUT2D eigenvalue weighted by atomic mass is 9.91. The molecule has 1 amide bonds. The molecule has 1 aliphatic heterocycles. The van der Waals surface area contributed by atoms with Crippen molar-refractivity contribution in [3.8, 4) is 0 Å². The molecule has 0 saturated carbocycles. The van der Waals surface area contributed by atoms with Crippen molar-refractivity contribution in [2.75, 3.05) is 13.1 Å². The van der Waals surface area contributed by atoms with E-state index in [0.29, 0.717) is 19.5 Å². The van der Waals surface area contributed by atoms with E-state index in [9.17, 15) is 14.7 Å². The van der Waals surface area contributed by atoms with Crippen LogP contribution in [-0.2, 0) is 16.0 Å². The second-order valence-electron chi connectivity index (χ2n) is 5.28. The van der Waals surface area contributed by atoms with Crippen LogP contribution in [-0.4, -0.2) is 45.7 Å². The topological polar surface area (TPSA) is 77.8 Å². The average molecular weight is 376 g/mol. The minimum atomic E-state index is -1.67. The first-order valence-electron chi connectivity index (χ1n) is 6.88. The maximum Gasteiger partial charge on any atom is 0.335 e. The van der Waals surface area contributed by atoms with E-state index in [4.69, 9.17) is 5.11 Å². The molecule has 1 fully saturated rings. The fourth-order valence-electron chi connectivity index (χ4n) is 2.40. The second-order valence-corrected chi connectivity index (χ2v) is 7.82. The SMILES string of the molecule is O=C(CCCc1ccc(Br)s1)N1CCC(O)(C(=O)O)CC1. The van der Waals surface area contributed by atoms with E-state index in [1.807, 2.05) is 12.1 Å². The number of amides is 1. The lowest BCUT2D eigenvalue weighted by Gasteiger charge is -2.35. The van der Waals surface area contributed by atoms with Gasteiger partial charge in [-0.1, -0.05) is 0 Å². The molecule has 5 nitrogen and oxygen atoms in total. The van der Waals surface area contributed by atoms with Gasteiger partial charge in [0.15, 0.2) is 5.60 Å². The number of likely N-dealkylation sites (tertiary alicyclic amines) is 1. The van der Waals surface area contributed by atoms with Crippen molar-refractivity contribution in [3.63, 3.8) is 0 Å². The number of thiophene rings is 1. The van der Waals surface area contributed by atoms with Crippen LogP contribution in [0.25, 0.3) is 0 Å². The standard InChI is InChI=1S/C14H18BrNO4S/c15-11-5-4-10(21-11)2-1-3-12(17)16-8-6-14(20,7-9-16)13(18)19/h4-5,20H,1-3,6-9H2,(H,18,19). The Labute approximate surface area is 135 Å². The molecule has 2 rings (SSSR count). The lowest BCUT2D eigenvalue weighted by Crippen LogP contribution is -2.50. The molecule has 1 aromatic rings. The van der Waals surface area contributed by atoms with Crippen LogP contribution in [0.4, 0.5) is 0 Å². The van der Waals surface area contributed by atoms with Gasteiger partial charge in [-0.05, 0) is 40.9 Å². The number of nitrogens with zero attached hydrogens (tertiary/aromatic N) is 1.